The number of carbonyl (C=O) groups excluding carboxylic acids is 2. The standard InChI is InChI=1S/C20H17ClN2O5/c1-10-12(21)7-5-8-13(10)23-19(24)15-16(22-28-18(15)20(23)25)11-6-4-9-14(26-2)17(11)27-3/h4-9,15,18H,1-3H3/t15-,18+/m1/s1. The van der Waals surface area contributed by atoms with Crippen molar-refractivity contribution in [3.8, 4) is 11.5 Å². The first-order valence-electron chi connectivity index (χ1n) is 8.57. The van der Waals surface area contributed by atoms with Crippen molar-refractivity contribution < 1.29 is 23.9 Å². The number of hydrogen-bond acceptors (Lipinski definition) is 6. The molecule has 0 saturated carbocycles. The Morgan fingerprint density at radius 1 is 1.07 bits per heavy atom. The third-order valence-corrected chi connectivity index (χ3v) is 5.38. The molecule has 2 atom stereocenters. The van der Waals surface area contributed by atoms with Crippen LogP contribution in [-0.2, 0) is 14.4 Å². The van der Waals surface area contributed by atoms with Gasteiger partial charge in [0, 0.05) is 10.6 Å². The summed E-state index contributed by atoms with van der Waals surface area (Å²) in [5.41, 5.74) is 1.96. The van der Waals surface area contributed by atoms with Crippen LogP contribution in [0.2, 0.25) is 5.02 Å². The molecule has 2 aliphatic rings. The number of hydrogen-bond donors (Lipinski definition) is 0. The van der Waals surface area contributed by atoms with Crippen molar-refractivity contribution in [2.75, 3.05) is 19.1 Å². The fraction of sp³-hybridized carbons (Fsp3) is 0.250. The highest BCUT2D eigenvalue weighted by atomic mass is 35.5. The van der Waals surface area contributed by atoms with Crippen LogP contribution in [0.5, 0.6) is 11.5 Å². The molecule has 7 nitrogen and oxygen atoms in total. The fourth-order valence-corrected chi connectivity index (χ4v) is 3.73. The van der Waals surface area contributed by atoms with Crippen molar-refractivity contribution in [2.24, 2.45) is 11.1 Å². The van der Waals surface area contributed by atoms with Crippen LogP contribution < -0.4 is 14.4 Å². The van der Waals surface area contributed by atoms with Crippen molar-refractivity contribution in [1.29, 1.82) is 0 Å². The Kier molecular flexibility index (Phi) is 4.47. The lowest BCUT2D eigenvalue weighted by molar-refractivity contribution is -0.126. The van der Waals surface area contributed by atoms with Gasteiger partial charge < -0.3 is 14.3 Å². The Hall–Kier alpha value is -3.06. The molecule has 2 heterocycles. The molecule has 0 N–H and O–H groups in total. The van der Waals surface area contributed by atoms with Crippen LogP contribution in [0, 0.1) is 12.8 Å². The van der Waals surface area contributed by atoms with Gasteiger partial charge in [0.25, 0.3) is 5.91 Å². The molecule has 0 radical (unpaired) electrons. The SMILES string of the molecule is COc1cccc(C2=NO[C@@H]3C(=O)N(c4cccc(Cl)c4C)C(=O)[C@H]23)c1OC. The Morgan fingerprint density at radius 3 is 2.54 bits per heavy atom. The lowest BCUT2D eigenvalue weighted by Crippen LogP contribution is -2.33. The highest BCUT2D eigenvalue weighted by molar-refractivity contribution is 6.35. The average Bonchev–Trinajstić information content (AvgIpc) is 3.24. The van der Waals surface area contributed by atoms with E-state index in [0.717, 1.165) is 4.90 Å². The summed E-state index contributed by atoms with van der Waals surface area (Å²) in [6.07, 6.45) is -1.02. The Bertz CT molecular complexity index is 1020. The Balaban J connectivity index is 1.77. The molecule has 8 heteroatoms. The predicted octanol–water partition coefficient (Wildman–Crippen LogP) is 2.96. The summed E-state index contributed by atoms with van der Waals surface area (Å²) in [4.78, 5) is 32.6. The number of imide groups is 1. The van der Waals surface area contributed by atoms with Crippen molar-refractivity contribution in [2.45, 2.75) is 13.0 Å². The minimum atomic E-state index is -1.02. The van der Waals surface area contributed by atoms with E-state index in [1.807, 2.05) is 0 Å². The van der Waals surface area contributed by atoms with Gasteiger partial charge in [-0.1, -0.05) is 28.9 Å². The van der Waals surface area contributed by atoms with Crippen molar-refractivity contribution in [3.63, 3.8) is 0 Å². The van der Waals surface area contributed by atoms with Gasteiger partial charge >= 0.3 is 0 Å². The van der Waals surface area contributed by atoms with Gasteiger partial charge in [0.05, 0.1) is 19.9 Å². The fourth-order valence-electron chi connectivity index (χ4n) is 3.56. The molecule has 2 amide bonds. The van der Waals surface area contributed by atoms with Crippen molar-refractivity contribution in [3.05, 3.63) is 52.5 Å². The molecule has 28 heavy (non-hydrogen) atoms. The zero-order chi connectivity index (χ0) is 20.0. The van der Waals surface area contributed by atoms with Gasteiger partial charge in [-0.15, -0.1) is 0 Å². The minimum absolute atomic E-state index is 0.335. The van der Waals surface area contributed by atoms with E-state index in [4.69, 9.17) is 25.9 Å². The second kappa shape index (κ2) is 6.83. The number of oxime groups is 1. The maximum absolute atomic E-state index is 13.2. The van der Waals surface area contributed by atoms with E-state index >= 15 is 0 Å². The maximum atomic E-state index is 13.2. The molecule has 1 fully saturated rings. The van der Waals surface area contributed by atoms with Crippen LogP contribution >= 0.6 is 11.6 Å². The number of rotatable bonds is 4. The number of ether oxygens (including phenoxy) is 2. The number of para-hydroxylation sites is 1. The lowest BCUT2D eigenvalue weighted by atomic mass is 9.93. The number of halogens is 1. The number of methoxy groups -OCH3 is 2. The zero-order valence-corrected chi connectivity index (χ0v) is 16.2. The maximum Gasteiger partial charge on any atom is 0.278 e. The molecule has 0 bridgehead atoms. The molecule has 144 valence electrons. The van der Waals surface area contributed by atoms with Crippen LogP contribution in [0.1, 0.15) is 11.1 Å². The third-order valence-electron chi connectivity index (χ3n) is 4.97. The molecule has 2 aromatic rings. The highest BCUT2D eigenvalue weighted by Crippen LogP contribution is 2.40. The predicted molar refractivity (Wildman–Crippen MR) is 103 cm³/mol. The van der Waals surface area contributed by atoms with Gasteiger partial charge in [-0.25, -0.2) is 4.90 Å². The zero-order valence-electron chi connectivity index (χ0n) is 15.4. The van der Waals surface area contributed by atoms with Crippen LogP contribution in [0.15, 0.2) is 41.6 Å². The molecule has 0 aromatic heterocycles. The number of amides is 2. The van der Waals surface area contributed by atoms with Gasteiger partial charge in [0.15, 0.2) is 11.5 Å². The summed E-state index contributed by atoms with van der Waals surface area (Å²) in [6.45, 7) is 1.76. The third kappa shape index (κ3) is 2.54. The first kappa shape index (κ1) is 18.3. The molecule has 2 aromatic carbocycles. The molecule has 4 rings (SSSR count). The number of fused-ring (bicyclic) bond motifs is 1. The van der Waals surface area contributed by atoms with E-state index in [0.29, 0.717) is 39.0 Å². The normalized spacial score (nSPS) is 20.7. The van der Waals surface area contributed by atoms with E-state index in [1.54, 1.807) is 43.3 Å². The number of benzene rings is 2. The van der Waals surface area contributed by atoms with Crippen LogP contribution in [0.25, 0.3) is 0 Å². The summed E-state index contributed by atoms with van der Waals surface area (Å²) in [6, 6.07) is 10.3. The van der Waals surface area contributed by atoms with Gasteiger partial charge in [-0.05, 0) is 36.8 Å². The van der Waals surface area contributed by atoms with Crippen LogP contribution in [0.3, 0.4) is 0 Å². The first-order chi connectivity index (χ1) is 13.5. The molecule has 1 saturated heterocycles. The van der Waals surface area contributed by atoms with Crippen LogP contribution in [0.4, 0.5) is 5.69 Å². The molecular formula is C20H17ClN2O5. The monoisotopic (exact) mass is 400 g/mol. The average molecular weight is 401 g/mol. The van der Waals surface area contributed by atoms with Gasteiger partial charge in [0.2, 0.25) is 12.0 Å². The van der Waals surface area contributed by atoms with E-state index < -0.39 is 23.8 Å². The highest BCUT2D eigenvalue weighted by Gasteiger charge is 2.56. The smallest absolute Gasteiger partial charge is 0.278 e. The Morgan fingerprint density at radius 2 is 1.82 bits per heavy atom. The van der Waals surface area contributed by atoms with Crippen molar-refractivity contribution >= 4 is 34.8 Å². The van der Waals surface area contributed by atoms with Gasteiger partial charge in [-0.3, -0.25) is 9.59 Å². The van der Waals surface area contributed by atoms with E-state index in [1.165, 1.54) is 14.2 Å². The molecule has 2 aliphatic heterocycles. The quantitative estimate of drug-likeness (QED) is 0.737. The molecule has 0 aliphatic carbocycles. The number of carbonyl (C=O) groups is 2. The molecule has 0 unspecified atom stereocenters. The minimum Gasteiger partial charge on any atom is -0.493 e. The summed E-state index contributed by atoms with van der Waals surface area (Å²) < 4.78 is 10.8. The summed E-state index contributed by atoms with van der Waals surface area (Å²) in [5.74, 6) is -0.842. The van der Waals surface area contributed by atoms with E-state index in [-0.39, 0.29) is 0 Å². The summed E-state index contributed by atoms with van der Waals surface area (Å²) in [5, 5.41) is 4.50. The second-order valence-electron chi connectivity index (χ2n) is 6.42. The first-order valence-corrected chi connectivity index (χ1v) is 8.95. The lowest BCUT2D eigenvalue weighted by Gasteiger charge is -2.19. The van der Waals surface area contributed by atoms with Gasteiger partial charge in [0.1, 0.15) is 11.6 Å². The van der Waals surface area contributed by atoms with E-state index in [9.17, 15) is 9.59 Å². The van der Waals surface area contributed by atoms with E-state index in [2.05, 4.69) is 5.16 Å². The number of anilines is 1. The van der Waals surface area contributed by atoms with Gasteiger partial charge in [-0.2, -0.15) is 0 Å². The largest absolute Gasteiger partial charge is 0.493 e. The molecular weight excluding hydrogens is 384 g/mol. The number of nitrogens with zero attached hydrogens (tertiary/aromatic N) is 2. The summed E-state index contributed by atoms with van der Waals surface area (Å²) >= 11 is 6.17. The van der Waals surface area contributed by atoms with Crippen molar-refractivity contribution in [1.82, 2.24) is 0 Å². The second-order valence-corrected chi connectivity index (χ2v) is 6.82. The Labute approximate surface area is 166 Å². The summed E-state index contributed by atoms with van der Waals surface area (Å²) in [7, 11) is 3.02. The molecule has 0 spiro atoms. The topological polar surface area (TPSA) is 77.4 Å². The van der Waals surface area contributed by atoms with Crippen LogP contribution in [-0.4, -0.2) is 37.8 Å².